The first-order valence-electron chi connectivity index (χ1n) is 7.72. The molecule has 0 amide bonds. The van der Waals surface area contributed by atoms with E-state index in [2.05, 4.69) is 17.1 Å². The average molecular weight is 285 g/mol. The number of hydrogen-bond acceptors (Lipinski definition) is 3. The van der Waals surface area contributed by atoms with E-state index in [1.165, 1.54) is 44.9 Å². The van der Waals surface area contributed by atoms with Gasteiger partial charge < -0.3 is 4.52 Å². The first kappa shape index (κ1) is 14.8. The van der Waals surface area contributed by atoms with Gasteiger partial charge in [-0.15, -0.1) is 11.6 Å². The Morgan fingerprint density at radius 3 is 2.63 bits per heavy atom. The Hall–Kier alpha value is -0.570. The summed E-state index contributed by atoms with van der Waals surface area (Å²) in [5.74, 6) is 2.84. The Bertz CT molecular complexity index is 372. The summed E-state index contributed by atoms with van der Waals surface area (Å²) >= 11 is 6.14. The van der Waals surface area contributed by atoms with Gasteiger partial charge in [-0.05, 0) is 38.0 Å². The molecule has 3 nitrogen and oxygen atoms in total. The molecule has 1 aromatic heterocycles. The second kappa shape index (κ2) is 7.28. The lowest BCUT2D eigenvalue weighted by molar-refractivity contribution is 0.260. The van der Waals surface area contributed by atoms with E-state index >= 15 is 0 Å². The highest BCUT2D eigenvalue weighted by molar-refractivity contribution is 6.20. The van der Waals surface area contributed by atoms with Gasteiger partial charge in [-0.3, -0.25) is 0 Å². The van der Waals surface area contributed by atoms with E-state index in [-0.39, 0.29) is 5.38 Å². The fraction of sp³-hybridized carbons (Fsp3) is 0.867. The lowest BCUT2D eigenvalue weighted by Gasteiger charge is -2.26. The van der Waals surface area contributed by atoms with Gasteiger partial charge in [0.1, 0.15) is 0 Å². The van der Waals surface area contributed by atoms with Crippen molar-refractivity contribution in [2.75, 3.05) is 0 Å². The molecule has 0 radical (unpaired) electrons. The third-order valence-electron chi connectivity index (χ3n) is 4.26. The predicted molar refractivity (Wildman–Crippen MR) is 77.4 cm³/mol. The molecule has 1 saturated carbocycles. The van der Waals surface area contributed by atoms with Gasteiger partial charge in [0, 0.05) is 5.92 Å². The maximum atomic E-state index is 6.14. The van der Waals surface area contributed by atoms with Crippen LogP contribution in [0, 0.1) is 5.92 Å². The van der Waals surface area contributed by atoms with Gasteiger partial charge in [0.15, 0.2) is 5.82 Å². The van der Waals surface area contributed by atoms with Crippen molar-refractivity contribution in [3.63, 3.8) is 0 Å². The highest BCUT2D eigenvalue weighted by atomic mass is 35.5. The highest BCUT2D eigenvalue weighted by Gasteiger charge is 2.26. The molecule has 1 aromatic rings. The molecule has 0 saturated heterocycles. The Balaban J connectivity index is 1.85. The number of hydrogen-bond donors (Lipinski definition) is 0. The molecule has 0 aliphatic heterocycles. The van der Waals surface area contributed by atoms with E-state index < -0.39 is 0 Å². The summed E-state index contributed by atoms with van der Waals surface area (Å²) in [5.41, 5.74) is 0. The first-order valence-corrected chi connectivity index (χ1v) is 8.15. The Morgan fingerprint density at radius 2 is 2.00 bits per heavy atom. The molecule has 108 valence electrons. The smallest absolute Gasteiger partial charge is 0.229 e. The summed E-state index contributed by atoms with van der Waals surface area (Å²) in [6, 6.07) is 0. The van der Waals surface area contributed by atoms with Crippen molar-refractivity contribution in [3.8, 4) is 0 Å². The van der Waals surface area contributed by atoms with Crippen LogP contribution in [0.5, 0.6) is 0 Å². The fourth-order valence-electron chi connectivity index (χ4n) is 2.91. The van der Waals surface area contributed by atoms with Crippen LogP contribution in [0.25, 0.3) is 0 Å². The van der Waals surface area contributed by atoms with Gasteiger partial charge >= 0.3 is 0 Å². The molecule has 0 spiro atoms. The van der Waals surface area contributed by atoms with Gasteiger partial charge in [0.25, 0.3) is 0 Å². The van der Waals surface area contributed by atoms with Crippen LogP contribution in [-0.4, -0.2) is 10.1 Å². The monoisotopic (exact) mass is 284 g/mol. The summed E-state index contributed by atoms with van der Waals surface area (Å²) in [6.45, 7) is 4.30. The molecular formula is C15H25ClN2O. The van der Waals surface area contributed by atoms with Crippen molar-refractivity contribution < 1.29 is 4.52 Å². The van der Waals surface area contributed by atoms with Gasteiger partial charge in [-0.2, -0.15) is 4.98 Å². The minimum atomic E-state index is -0.113. The van der Waals surface area contributed by atoms with Crippen LogP contribution in [0.4, 0.5) is 0 Å². The summed E-state index contributed by atoms with van der Waals surface area (Å²) in [7, 11) is 0. The number of rotatable bonds is 6. The minimum Gasteiger partial charge on any atom is -0.339 e. The molecule has 0 N–H and O–H groups in total. The molecule has 0 bridgehead atoms. The van der Waals surface area contributed by atoms with Crippen LogP contribution in [0.15, 0.2) is 4.52 Å². The molecule has 1 aliphatic carbocycles. The molecular weight excluding hydrogens is 260 g/mol. The zero-order chi connectivity index (χ0) is 13.7. The molecule has 19 heavy (non-hydrogen) atoms. The van der Waals surface area contributed by atoms with Crippen LogP contribution >= 0.6 is 11.6 Å². The predicted octanol–water partition coefficient (Wildman–Crippen LogP) is 5.22. The molecule has 4 heteroatoms. The second-order valence-electron chi connectivity index (χ2n) is 5.73. The van der Waals surface area contributed by atoms with Crippen molar-refractivity contribution in [2.45, 2.75) is 76.5 Å². The maximum Gasteiger partial charge on any atom is 0.229 e. The molecule has 0 aromatic carbocycles. The summed E-state index contributed by atoms with van der Waals surface area (Å²) in [5, 5.41) is 3.90. The standard InChI is InChI=1S/C15H25ClN2O/c1-3-5-6-11-7-9-12(10-8-11)15-17-14(18-19-15)13(16)4-2/h11-13H,3-10H2,1-2H3. The van der Waals surface area contributed by atoms with Crippen LogP contribution in [0.1, 0.15) is 88.2 Å². The highest BCUT2D eigenvalue weighted by Crippen LogP contribution is 2.37. The minimum absolute atomic E-state index is 0.113. The molecule has 2 rings (SSSR count). The van der Waals surface area contributed by atoms with Gasteiger partial charge in [0.05, 0.1) is 5.38 Å². The van der Waals surface area contributed by atoms with Gasteiger partial charge in [-0.25, -0.2) is 0 Å². The lowest BCUT2D eigenvalue weighted by atomic mass is 9.80. The van der Waals surface area contributed by atoms with Crippen molar-refractivity contribution in [2.24, 2.45) is 5.92 Å². The number of nitrogens with zero attached hydrogens (tertiary/aromatic N) is 2. The van der Waals surface area contributed by atoms with E-state index in [0.29, 0.717) is 11.7 Å². The number of aromatic nitrogens is 2. The van der Waals surface area contributed by atoms with Gasteiger partial charge in [0.2, 0.25) is 5.89 Å². The largest absolute Gasteiger partial charge is 0.339 e. The van der Waals surface area contributed by atoms with Crippen molar-refractivity contribution in [1.29, 1.82) is 0 Å². The summed E-state index contributed by atoms with van der Waals surface area (Å²) in [4.78, 5) is 4.48. The molecule has 1 atom stereocenters. The molecule has 1 unspecified atom stereocenters. The van der Waals surface area contributed by atoms with Crippen molar-refractivity contribution in [3.05, 3.63) is 11.7 Å². The van der Waals surface area contributed by atoms with Crippen molar-refractivity contribution in [1.82, 2.24) is 10.1 Å². The molecule has 1 heterocycles. The number of halogens is 1. The number of alkyl halides is 1. The zero-order valence-corrected chi connectivity index (χ0v) is 12.8. The van der Waals surface area contributed by atoms with Crippen LogP contribution in [0.2, 0.25) is 0 Å². The fourth-order valence-corrected chi connectivity index (χ4v) is 3.00. The summed E-state index contributed by atoms with van der Waals surface area (Å²) < 4.78 is 5.40. The quantitative estimate of drug-likeness (QED) is 0.672. The van der Waals surface area contributed by atoms with E-state index in [1.807, 2.05) is 6.92 Å². The molecule has 1 aliphatic rings. The second-order valence-corrected chi connectivity index (χ2v) is 6.25. The SMILES string of the molecule is CCCCC1CCC(c2nc(C(Cl)CC)no2)CC1. The topological polar surface area (TPSA) is 38.9 Å². The average Bonchev–Trinajstić information content (AvgIpc) is 2.94. The third kappa shape index (κ3) is 3.95. The van der Waals surface area contributed by atoms with Crippen molar-refractivity contribution >= 4 is 11.6 Å². The van der Waals surface area contributed by atoms with E-state index in [1.54, 1.807) is 0 Å². The Morgan fingerprint density at radius 1 is 1.26 bits per heavy atom. The Kier molecular flexibility index (Phi) is 5.68. The van der Waals surface area contributed by atoms with E-state index in [0.717, 1.165) is 18.2 Å². The third-order valence-corrected chi connectivity index (χ3v) is 4.76. The normalized spacial score (nSPS) is 25.4. The number of unbranched alkanes of at least 4 members (excludes halogenated alkanes) is 1. The zero-order valence-electron chi connectivity index (χ0n) is 12.1. The Labute approximate surface area is 121 Å². The maximum absolute atomic E-state index is 6.14. The van der Waals surface area contributed by atoms with E-state index in [9.17, 15) is 0 Å². The van der Waals surface area contributed by atoms with Gasteiger partial charge in [-0.1, -0.05) is 38.3 Å². The molecule has 1 fully saturated rings. The van der Waals surface area contributed by atoms with Crippen LogP contribution in [0.3, 0.4) is 0 Å². The summed E-state index contributed by atoms with van der Waals surface area (Å²) in [6.07, 6.45) is 9.89. The lowest BCUT2D eigenvalue weighted by Crippen LogP contribution is -2.13. The van der Waals surface area contributed by atoms with Crippen LogP contribution < -0.4 is 0 Å². The van der Waals surface area contributed by atoms with E-state index in [4.69, 9.17) is 16.1 Å². The van der Waals surface area contributed by atoms with Crippen LogP contribution in [-0.2, 0) is 0 Å². The first-order chi connectivity index (χ1) is 9.24.